The number of benzene rings is 2. The van der Waals surface area contributed by atoms with E-state index in [-0.39, 0.29) is 67.8 Å². The van der Waals surface area contributed by atoms with Crippen LogP contribution in [0.4, 0.5) is 14.5 Å². The summed E-state index contributed by atoms with van der Waals surface area (Å²) in [5, 5.41) is 18.6. The molecule has 31 heavy (non-hydrogen) atoms. The van der Waals surface area contributed by atoms with Gasteiger partial charge in [-0.25, -0.2) is 0 Å². The summed E-state index contributed by atoms with van der Waals surface area (Å²) in [5.74, 6) is -3.84. The molecular formula is C19H14BrF2KN4O3S. The molecule has 0 aliphatic carbocycles. The monoisotopic (exact) mass is 534 g/mol. The Kier molecular flexibility index (Phi) is 11.3. The van der Waals surface area contributed by atoms with Gasteiger partial charge in [0.05, 0.1) is 41.9 Å². The molecule has 12 heteroatoms. The van der Waals surface area contributed by atoms with Crippen LogP contribution in [0, 0.1) is 11.3 Å². The van der Waals surface area contributed by atoms with Gasteiger partial charge in [0.15, 0.2) is 0 Å². The van der Waals surface area contributed by atoms with E-state index in [1.54, 1.807) is 41.7 Å². The molecule has 156 valence electrons. The number of nitrogens with one attached hydrogen (secondary N) is 1. The minimum atomic E-state index is -3.91. The number of thioether (sulfide) groups is 1. The van der Waals surface area contributed by atoms with E-state index < -0.39 is 29.6 Å². The zero-order valence-electron chi connectivity index (χ0n) is 16.3. The number of nitrogens with zero attached hydrogens (tertiary/aromatic N) is 3. The molecule has 0 bridgehead atoms. The molecule has 7 nitrogen and oxygen atoms in total. The average Bonchev–Trinajstić information content (AvgIpc) is 2.72. The first-order valence-electron chi connectivity index (χ1n) is 8.22. The third-order valence-electron chi connectivity index (χ3n) is 3.80. The van der Waals surface area contributed by atoms with Crippen molar-refractivity contribution in [2.45, 2.75) is 5.25 Å². The van der Waals surface area contributed by atoms with Crippen molar-refractivity contribution in [2.75, 3.05) is 17.3 Å². The molecule has 0 aromatic heterocycles. The van der Waals surface area contributed by atoms with Crippen molar-refractivity contribution in [3.63, 3.8) is 0 Å². The fourth-order valence-electron chi connectivity index (χ4n) is 2.47. The van der Waals surface area contributed by atoms with Gasteiger partial charge in [0, 0.05) is 10.8 Å². The maximum atomic E-state index is 14.2. The summed E-state index contributed by atoms with van der Waals surface area (Å²) >= 11 is 3.24. The smallest absolute Gasteiger partial charge is 0.548 e. The van der Waals surface area contributed by atoms with Crippen molar-refractivity contribution in [1.29, 1.82) is 5.26 Å². The molecule has 0 aliphatic heterocycles. The number of fused-ring (bicyclic) bond motifs is 1. The number of halogens is 3. The van der Waals surface area contributed by atoms with Gasteiger partial charge in [0.25, 0.3) is 0 Å². The Balaban J connectivity index is 0.00000480. The number of carboxylic acid groups (broad SMARTS) is 1. The number of anilines is 1. The topological polar surface area (TPSA) is 109 Å². The fraction of sp³-hybridized carbons (Fsp3) is 0.158. The molecule has 2 rings (SSSR count). The maximum Gasteiger partial charge on any atom is 1.00 e. The Bertz CT molecular complexity index is 1060. The molecule has 0 fully saturated rings. The molecule has 0 heterocycles. The van der Waals surface area contributed by atoms with Crippen molar-refractivity contribution in [3.05, 3.63) is 52.8 Å². The Morgan fingerprint density at radius 1 is 1.32 bits per heavy atom. The zero-order chi connectivity index (χ0) is 22.3. The van der Waals surface area contributed by atoms with E-state index in [4.69, 9.17) is 0 Å². The summed E-state index contributed by atoms with van der Waals surface area (Å²) in [6, 6.07) is 12.2. The first-order valence-corrected chi connectivity index (χ1v) is 10.00. The van der Waals surface area contributed by atoms with Crippen molar-refractivity contribution in [2.24, 2.45) is 4.99 Å². The molecule has 1 N–H and O–H groups in total. The minimum Gasteiger partial charge on any atom is -0.548 e. The van der Waals surface area contributed by atoms with E-state index in [1.807, 2.05) is 0 Å². The van der Waals surface area contributed by atoms with Gasteiger partial charge in [0.2, 0.25) is 0 Å². The van der Waals surface area contributed by atoms with Gasteiger partial charge in [-0.05, 0) is 34.8 Å². The Hall–Kier alpha value is -1.33. The predicted octanol–water partition coefficient (Wildman–Crippen LogP) is -0.434. The number of carbonyl (C=O) groups excluding carboxylic acids is 2. The van der Waals surface area contributed by atoms with Gasteiger partial charge in [-0.2, -0.15) is 14.0 Å². The van der Waals surface area contributed by atoms with E-state index in [0.29, 0.717) is 22.0 Å². The molecular weight excluding hydrogens is 521 g/mol. The van der Waals surface area contributed by atoms with Crippen LogP contribution in [0.3, 0.4) is 0 Å². The molecule has 0 unspecified atom stereocenters. The second-order valence-electron chi connectivity index (χ2n) is 5.70. The van der Waals surface area contributed by atoms with Crippen LogP contribution in [0.15, 0.2) is 52.2 Å². The number of amides is 1. The van der Waals surface area contributed by atoms with E-state index in [0.717, 1.165) is 0 Å². The van der Waals surface area contributed by atoms with E-state index in [9.17, 15) is 28.7 Å². The van der Waals surface area contributed by atoms with Crippen LogP contribution in [-0.4, -0.2) is 36.3 Å². The maximum absolute atomic E-state index is 14.2. The van der Waals surface area contributed by atoms with Crippen molar-refractivity contribution >= 4 is 62.7 Å². The summed E-state index contributed by atoms with van der Waals surface area (Å²) < 4.78 is 28.7. The van der Waals surface area contributed by atoms with Gasteiger partial charge in [0.1, 0.15) is 4.61 Å². The van der Waals surface area contributed by atoms with Gasteiger partial charge >= 0.3 is 62.5 Å². The first-order chi connectivity index (χ1) is 14.2. The summed E-state index contributed by atoms with van der Waals surface area (Å²) in [6.07, 6.45) is 1.29. The molecule has 0 radical (unpaired) electrons. The first kappa shape index (κ1) is 27.7. The van der Waals surface area contributed by atoms with Crippen molar-refractivity contribution in [1.82, 2.24) is 5.32 Å². The zero-order valence-corrected chi connectivity index (χ0v) is 21.8. The number of nitriles is 1. The van der Waals surface area contributed by atoms with Crippen LogP contribution in [-0.2, 0) is 9.59 Å². The number of aliphatic imine (C=N–C) groups is 1. The largest absolute Gasteiger partial charge is 1.00 e. The van der Waals surface area contributed by atoms with Gasteiger partial charge in [-0.1, -0.05) is 36.0 Å². The third-order valence-corrected chi connectivity index (χ3v) is 5.37. The molecule has 0 atom stereocenters. The standard InChI is InChI=1S/C19H15BrF2N4O3S.K/c1-24-9-16(20)26(11-30-19(21,22)18(29)25-10-17(27)28)15-7-6-12(8-23)13-4-2-3-5-14(13)15;/h2-7,9H,1,10-11H2,(H,25,29)(H,27,28);/q;+1/p-1/b16-9-;. The SMILES string of the molecule is C=N/C=C(/Br)N(CSC(F)(F)C(=O)NCC(=O)[O-])c1ccc(C#N)c2ccccc12.[K+]. The van der Waals surface area contributed by atoms with E-state index >= 15 is 0 Å². The number of hydrogen-bond donors (Lipinski definition) is 1. The Morgan fingerprint density at radius 3 is 2.55 bits per heavy atom. The van der Waals surface area contributed by atoms with Crippen LogP contribution in [0.5, 0.6) is 0 Å². The van der Waals surface area contributed by atoms with E-state index in [1.165, 1.54) is 11.1 Å². The van der Waals surface area contributed by atoms with Crippen LogP contribution < -0.4 is 66.7 Å². The molecule has 2 aromatic carbocycles. The number of carbonyl (C=O) groups is 2. The van der Waals surface area contributed by atoms with Gasteiger partial charge < -0.3 is 20.1 Å². The number of aliphatic carboxylic acids is 1. The molecule has 2 aromatic rings. The Labute approximate surface area is 232 Å². The van der Waals surface area contributed by atoms with Crippen LogP contribution in [0.1, 0.15) is 5.56 Å². The van der Waals surface area contributed by atoms with E-state index in [2.05, 4.69) is 33.7 Å². The molecule has 0 aliphatic rings. The normalized spacial score (nSPS) is 11.2. The Morgan fingerprint density at radius 2 is 1.97 bits per heavy atom. The van der Waals surface area contributed by atoms with Crippen molar-refractivity contribution < 1.29 is 74.9 Å². The second-order valence-corrected chi connectivity index (χ2v) is 7.57. The van der Waals surface area contributed by atoms with Crippen molar-refractivity contribution in [3.8, 4) is 6.07 Å². The average molecular weight is 535 g/mol. The number of carboxylic acids is 1. The van der Waals surface area contributed by atoms with Crippen LogP contribution >= 0.6 is 27.7 Å². The summed E-state index contributed by atoms with van der Waals surface area (Å²) in [6.45, 7) is 2.31. The van der Waals surface area contributed by atoms with Gasteiger partial charge in [-0.3, -0.25) is 9.79 Å². The number of rotatable bonds is 9. The molecule has 0 saturated carbocycles. The number of alkyl halides is 2. The van der Waals surface area contributed by atoms with Crippen LogP contribution in [0.2, 0.25) is 0 Å². The number of hydrogen-bond acceptors (Lipinski definition) is 7. The summed E-state index contributed by atoms with van der Waals surface area (Å²) in [5.41, 5.74) is 0.894. The summed E-state index contributed by atoms with van der Waals surface area (Å²) in [4.78, 5) is 27.1. The quantitative estimate of drug-likeness (QED) is 0.202. The third kappa shape index (κ3) is 7.35. The minimum absolute atomic E-state index is 0. The molecule has 0 spiro atoms. The molecule has 1 amide bonds. The van der Waals surface area contributed by atoms with Crippen LogP contribution in [0.25, 0.3) is 10.8 Å². The predicted molar refractivity (Wildman–Crippen MR) is 113 cm³/mol. The second kappa shape index (κ2) is 12.6. The van der Waals surface area contributed by atoms with Gasteiger partial charge in [-0.15, -0.1) is 0 Å². The molecule has 0 saturated heterocycles. The fourth-order valence-corrected chi connectivity index (χ4v) is 3.87. The summed E-state index contributed by atoms with van der Waals surface area (Å²) in [7, 11) is 0.